The zero-order chi connectivity index (χ0) is 16.8. The molecule has 120 valence electrons. The molecule has 0 heterocycles. The highest BCUT2D eigenvalue weighted by molar-refractivity contribution is 9.10. The van der Waals surface area contributed by atoms with E-state index in [1.54, 1.807) is 38.4 Å². The van der Waals surface area contributed by atoms with Gasteiger partial charge in [-0.05, 0) is 46.3 Å². The third-order valence-corrected chi connectivity index (χ3v) is 5.02. The fourth-order valence-corrected chi connectivity index (χ4v) is 3.26. The second kappa shape index (κ2) is 8.17. The van der Waals surface area contributed by atoms with Gasteiger partial charge in [-0.2, -0.15) is 0 Å². The first-order valence-corrected chi connectivity index (χ1v) is 8.74. The van der Waals surface area contributed by atoms with Gasteiger partial charge in [-0.1, -0.05) is 18.2 Å². The lowest BCUT2D eigenvalue weighted by Gasteiger charge is -2.11. The van der Waals surface area contributed by atoms with Crippen LogP contribution in [0.2, 0.25) is 0 Å². The van der Waals surface area contributed by atoms with Gasteiger partial charge in [0, 0.05) is 34.7 Å². The molecule has 0 aliphatic carbocycles. The van der Waals surface area contributed by atoms with Crippen LogP contribution in [0.1, 0.15) is 10.4 Å². The van der Waals surface area contributed by atoms with Crippen LogP contribution in [0.4, 0.5) is 5.69 Å². The van der Waals surface area contributed by atoms with E-state index in [0.29, 0.717) is 17.0 Å². The smallest absolute Gasteiger partial charge is 0.253 e. The summed E-state index contributed by atoms with van der Waals surface area (Å²) in [6.07, 6.45) is 0. The van der Waals surface area contributed by atoms with Crippen molar-refractivity contribution in [2.45, 2.75) is 4.90 Å². The largest absolute Gasteiger partial charge is 0.345 e. The van der Waals surface area contributed by atoms with Crippen LogP contribution >= 0.6 is 27.7 Å². The summed E-state index contributed by atoms with van der Waals surface area (Å²) in [7, 11) is 3.39. The number of amides is 2. The number of nitrogens with zero attached hydrogens (tertiary/aromatic N) is 1. The third kappa shape index (κ3) is 5.11. The van der Waals surface area contributed by atoms with E-state index in [0.717, 1.165) is 9.37 Å². The first-order chi connectivity index (χ1) is 11.0. The number of benzene rings is 2. The van der Waals surface area contributed by atoms with Crippen LogP contribution < -0.4 is 5.32 Å². The molecular weight excluding hydrogens is 376 g/mol. The van der Waals surface area contributed by atoms with Gasteiger partial charge in [0.1, 0.15) is 0 Å². The Morgan fingerprint density at radius 3 is 2.57 bits per heavy atom. The molecule has 0 fully saturated rings. The van der Waals surface area contributed by atoms with Gasteiger partial charge in [0.25, 0.3) is 5.91 Å². The molecule has 0 atom stereocenters. The number of halogens is 1. The van der Waals surface area contributed by atoms with Crippen molar-refractivity contribution < 1.29 is 9.59 Å². The van der Waals surface area contributed by atoms with Crippen molar-refractivity contribution in [2.24, 2.45) is 0 Å². The van der Waals surface area contributed by atoms with Crippen LogP contribution in [0.25, 0.3) is 0 Å². The summed E-state index contributed by atoms with van der Waals surface area (Å²) in [5.41, 5.74) is 1.17. The van der Waals surface area contributed by atoms with E-state index in [1.165, 1.54) is 16.7 Å². The molecule has 0 saturated carbocycles. The van der Waals surface area contributed by atoms with Crippen LogP contribution in [-0.4, -0.2) is 36.6 Å². The number of carbonyl (C=O) groups excluding carboxylic acids is 2. The van der Waals surface area contributed by atoms with Crippen molar-refractivity contribution in [1.29, 1.82) is 0 Å². The lowest BCUT2D eigenvalue weighted by atomic mass is 10.2. The Hall–Kier alpha value is -1.79. The first kappa shape index (κ1) is 17.6. The minimum atomic E-state index is -0.111. The monoisotopic (exact) mass is 392 g/mol. The molecule has 0 aromatic heterocycles. The summed E-state index contributed by atoms with van der Waals surface area (Å²) in [5.74, 6) is 0.0953. The first-order valence-electron chi connectivity index (χ1n) is 6.96. The average Bonchev–Trinajstić information content (AvgIpc) is 2.53. The van der Waals surface area contributed by atoms with Crippen LogP contribution in [0.5, 0.6) is 0 Å². The van der Waals surface area contributed by atoms with Crippen LogP contribution in [-0.2, 0) is 4.79 Å². The van der Waals surface area contributed by atoms with E-state index in [1.807, 2.05) is 24.3 Å². The Morgan fingerprint density at radius 1 is 1.13 bits per heavy atom. The minimum absolute atomic E-state index is 0.0938. The number of nitrogens with one attached hydrogen (secondary N) is 1. The highest BCUT2D eigenvalue weighted by Crippen LogP contribution is 2.27. The van der Waals surface area contributed by atoms with Gasteiger partial charge in [0.15, 0.2) is 0 Å². The van der Waals surface area contributed by atoms with E-state index < -0.39 is 0 Å². The van der Waals surface area contributed by atoms with Crippen molar-refractivity contribution >= 4 is 45.2 Å². The van der Waals surface area contributed by atoms with Crippen molar-refractivity contribution in [1.82, 2.24) is 4.90 Å². The predicted molar refractivity (Wildman–Crippen MR) is 98.0 cm³/mol. The molecule has 0 bridgehead atoms. The fraction of sp³-hybridized carbons (Fsp3) is 0.176. The Kier molecular flexibility index (Phi) is 6.24. The Bertz CT molecular complexity index is 719. The maximum absolute atomic E-state index is 12.1. The van der Waals surface area contributed by atoms with E-state index in [2.05, 4.69) is 21.2 Å². The second-order valence-corrected chi connectivity index (χ2v) is 6.92. The molecule has 0 aliphatic rings. The molecule has 23 heavy (non-hydrogen) atoms. The summed E-state index contributed by atoms with van der Waals surface area (Å²) in [6.45, 7) is 0. The molecule has 1 N–H and O–H groups in total. The maximum Gasteiger partial charge on any atom is 0.253 e. The highest BCUT2D eigenvalue weighted by atomic mass is 79.9. The molecule has 6 heteroatoms. The summed E-state index contributed by atoms with van der Waals surface area (Å²) in [5, 5.41) is 2.82. The zero-order valence-corrected chi connectivity index (χ0v) is 15.3. The molecule has 2 aromatic rings. The molecule has 0 radical (unpaired) electrons. The Labute approximate surface area is 148 Å². The zero-order valence-electron chi connectivity index (χ0n) is 12.9. The van der Waals surface area contributed by atoms with Gasteiger partial charge in [0.05, 0.1) is 5.75 Å². The molecule has 2 rings (SSSR count). The summed E-state index contributed by atoms with van der Waals surface area (Å²) in [4.78, 5) is 26.5. The average molecular weight is 393 g/mol. The van der Waals surface area contributed by atoms with Gasteiger partial charge >= 0.3 is 0 Å². The van der Waals surface area contributed by atoms with Crippen molar-refractivity contribution in [2.75, 3.05) is 25.2 Å². The highest BCUT2D eigenvalue weighted by Gasteiger charge is 2.10. The molecule has 0 spiro atoms. The van der Waals surface area contributed by atoms with Crippen molar-refractivity contribution in [3.8, 4) is 0 Å². The van der Waals surface area contributed by atoms with E-state index in [9.17, 15) is 9.59 Å². The van der Waals surface area contributed by atoms with Crippen LogP contribution in [0.15, 0.2) is 57.9 Å². The standard InChI is InChI=1S/C17H17BrN2O2S/c1-20(2)17(22)12-6-5-7-13(10-12)19-16(21)11-23-15-9-4-3-8-14(15)18/h3-10H,11H2,1-2H3,(H,19,21). The van der Waals surface area contributed by atoms with Gasteiger partial charge in [-0.25, -0.2) is 0 Å². The lowest BCUT2D eigenvalue weighted by molar-refractivity contribution is -0.113. The summed E-state index contributed by atoms with van der Waals surface area (Å²) in [6, 6.07) is 14.7. The number of rotatable bonds is 5. The molecule has 2 amide bonds. The SMILES string of the molecule is CN(C)C(=O)c1cccc(NC(=O)CSc2ccccc2Br)c1. The predicted octanol–water partition coefficient (Wildman–Crippen LogP) is 3.88. The molecule has 2 aromatic carbocycles. The Balaban J connectivity index is 1.97. The molecule has 4 nitrogen and oxygen atoms in total. The molecule has 0 saturated heterocycles. The van der Waals surface area contributed by atoms with E-state index in [-0.39, 0.29) is 11.8 Å². The lowest BCUT2D eigenvalue weighted by Crippen LogP contribution is -2.22. The van der Waals surface area contributed by atoms with Gasteiger partial charge in [-0.15, -0.1) is 11.8 Å². The number of thioether (sulfide) groups is 1. The van der Waals surface area contributed by atoms with Crippen molar-refractivity contribution in [3.05, 3.63) is 58.6 Å². The quantitative estimate of drug-likeness (QED) is 0.785. The van der Waals surface area contributed by atoms with Gasteiger partial charge < -0.3 is 10.2 Å². The van der Waals surface area contributed by atoms with Crippen LogP contribution in [0, 0.1) is 0 Å². The summed E-state index contributed by atoms with van der Waals surface area (Å²) < 4.78 is 0.969. The Morgan fingerprint density at radius 2 is 1.87 bits per heavy atom. The number of anilines is 1. The fourth-order valence-electron chi connectivity index (χ4n) is 1.89. The molecule has 0 aliphatic heterocycles. The van der Waals surface area contributed by atoms with Gasteiger partial charge in [0.2, 0.25) is 5.91 Å². The van der Waals surface area contributed by atoms with E-state index >= 15 is 0 Å². The minimum Gasteiger partial charge on any atom is -0.345 e. The van der Waals surface area contributed by atoms with Crippen LogP contribution in [0.3, 0.4) is 0 Å². The van der Waals surface area contributed by atoms with Crippen molar-refractivity contribution in [3.63, 3.8) is 0 Å². The van der Waals surface area contributed by atoms with E-state index in [4.69, 9.17) is 0 Å². The number of hydrogen-bond donors (Lipinski definition) is 1. The number of carbonyl (C=O) groups is 2. The molecular formula is C17H17BrN2O2S. The molecule has 0 unspecified atom stereocenters. The summed E-state index contributed by atoms with van der Waals surface area (Å²) >= 11 is 4.91. The third-order valence-electron chi connectivity index (χ3n) is 2.99. The number of hydrogen-bond acceptors (Lipinski definition) is 3. The topological polar surface area (TPSA) is 49.4 Å². The second-order valence-electron chi connectivity index (χ2n) is 5.05. The normalized spacial score (nSPS) is 10.2. The maximum atomic E-state index is 12.1. The van der Waals surface area contributed by atoms with Gasteiger partial charge in [-0.3, -0.25) is 9.59 Å².